The van der Waals surface area contributed by atoms with Crippen molar-refractivity contribution in [3.05, 3.63) is 34.2 Å². The van der Waals surface area contributed by atoms with Crippen molar-refractivity contribution in [1.82, 2.24) is 9.97 Å². The maximum Gasteiger partial charge on any atom is 0.338 e. The van der Waals surface area contributed by atoms with E-state index in [1.54, 1.807) is 18.2 Å². The Kier molecular flexibility index (Phi) is 3.65. The minimum atomic E-state index is -0.549. The first-order valence-corrected chi connectivity index (χ1v) is 6.38. The molecule has 1 aromatic carbocycles. The number of carbonyl (C=O) groups excluding carboxylic acids is 1. The second kappa shape index (κ2) is 4.94. The fourth-order valence-electron chi connectivity index (χ4n) is 1.53. The third kappa shape index (κ3) is 3.33. The third-order valence-electron chi connectivity index (χ3n) is 2.26. The van der Waals surface area contributed by atoms with Crippen LogP contribution in [-0.4, -0.2) is 21.5 Å². The van der Waals surface area contributed by atoms with Crippen molar-refractivity contribution in [3.8, 4) is 0 Å². The average molecular weight is 299 g/mol. The Morgan fingerprint density at radius 1 is 1.21 bits per heavy atom. The molecule has 0 spiro atoms. The van der Waals surface area contributed by atoms with Crippen molar-refractivity contribution in [1.29, 1.82) is 0 Å². The molecular formula is C13H12Cl2N2O2. The highest BCUT2D eigenvalue weighted by Gasteiger charge is 2.18. The van der Waals surface area contributed by atoms with Crippen LogP contribution in [0.3, 0.4) is 0 Å². The second-order valence-electron chi connectivity index (χ2n) is 5.02. The van der Waals surface area contributed by atoms with Gasteiger partial charge < -0.3 is 4.74 Å². The lowest BCUT2D eigenvalue weighted by Gasteiger charge is -2.19. The minimum absolute atomic E-state index is 0.0718. The van der Waals surface area contributed by atoms with Crippen LogP contribution >= 0.6 is 23.2 Å². The number of fused-ring (bicyclic) bond motifs is 1. The number of esters is 1. The maximum absolute atomic E-state index is 12.0. The van der Waals surface area contributed by atoms with Crippen molar-refractivity contribution in [2.75, 3.05) is 0 Å². The summed E-state index contributed by atoms with van der Waals surface area (Å²) >= 11 is 11.7. The zero-order chi connectivity index (χ0) is 14.2. The molecule has 6 heteroatoms. The zero-order valence-corrected chi connectivity index (χ0v) is 12.2. The van der Waals surface area contributed by atoms with Crippen LogP contribution in [0.5, 0.6) is 0 Å². The lowest BCUT2D eigenvalue weighted by atomic mass is 10.1. The van der Waals surface area contributed by atoms with E-state index in [2.05, 4.69) is 9.97 Å². The van der Waals surface area contributed by atoms with Crippen LogP contribution in [-0.2, 0) is 4.74 Å². The summed E-state index contributed by atoms with van der Waals surface area (Å²) in [4.78, 5) is 19.8. The molecule has 1 heterocycles. The fourth-order valence-corrected chi connectivity index (χ4v) is 1.98. The monoisotopic (exact) mass is 298 g/mol. The zero-order valence-electron chi connectivity index (χ0n) is 10.7. The molecule has 0 amide bonds. The normalized spacial score (nSPS) is 11.6. The summed E-state index contributed by atoms with van der Waals surface area (Å²) < 4.78 is 5.29. The molecule has 0 aliphatic heterocycles. The van der Waals surface area contributed by atoms with E-state index in [-0.39, 0.29) is 10.4 Å². The highest BCUT2D eigenvalue weighted by Crippen LogP contribution is 2.24. The number of nitrogens with zero attached hydrogens (tertiary/aromatic N) is 2. The Morgan fingerprint density at radius 2 is 1.89 bits per heavy atom. The van der Waals surface area contributed by atoms with E-state index >= 15 is 0 Å². The van der Waals surface area contributed by atoms with Crippen LogP contribution < -0.4 is 0 Å². The van der Waals surface area contributed by atoms with Gasteiger partial charge in [-0.25, -0.2) is 14.8 Å². The lowest BCUT2D eigenvalue weighted by molar-refractivity contribution is 0.00697. The summed E-state index contributed by atoms with van der Waals surface area (Å²) in [5.74, 6) is -0.416. The molecule has 0 radical (unpaired) electrons. The molecule has 0 bridgehead atoms. The molecule has 1 aromatic heterocycles. The Bertz CT molecular complexity index is 651. The van der Waals surface area contributed by atoms with E-state index in [9.17, 15) is 4.79 Å². The van der Waals surface area contributed by atoms with Gasteiger partial charge in [-0.05, 0) is 50.6 Å². The van der Waals surface area contributed by atoms with Crippen LogP contribution in [0, 0.1) is 0 Å². The van der Waals surface area contributed by atoms with Gasteiger partial charge in [0.05, 0.1) is 11.1 Å². The van der Waals surface area contributed by atoms with Gasteiger partial charge in [0.1, 0.15) is 10.8 Å². The van der Waals surface area contributed by atoms with Crippen molar-refractivity contribution >= 4 is 40.1 Å². The molecule has 0 atom stereocenters. The topological polar surface area (TPSA) is 52.1 Å². The van der Waals surface area contributed by atoms with Crippen LogP contribution in [0.2, 0.25) is 10.4 Å². The molecule has 0 N–H and O–H groups in total. The molecule has 0 unspecified atom stereocenters. The number of hydrogen-bond acceptors (Lipinski definition) is 4. The minimum Gasteiger partial charge on any atom is -0.456 e. The molecule has 0 aliphatic rings. The Hall–Kier alpha value is -1.39. The van der Waals surface area contributed by atoms with Crippen molar-refractivity contribution in [2.45, 2.75) is 26.4 Å². The summed E-state index contributed by atoms with van der Waals surface area (Å²) in [6, 6.07) is 4.88. The average Bonchev–Trinajstić information content (AvgIpc) is 2.25. The second-order valence-corrected chi connectivity index (χ2v) is 5.71. The number of rotatable bonds is 1. The molecule has 0 saturated carbocycles. The molecule has 0 aliphatic carbocycles. The van der Waals surface area contributed by atoms with Gasteiger partial charge >= 0.3 is 5.97 Å². The van der Waals surface area contributed by atoms with Gasteiger partial charge in [-0.2, -0.15) is 0 Å². The quantitative estimate of drug-likeness (QED) is 0.455. The SMILES string of the molecule is CC(C)(C)OC(=O)c1ccc2nc(Cl)nc(Cl)c2c1. The van der Waals surface area contributed by atoms with Gasteiger partial charge in [0.15, 0.2) is 0 Å². The Balaban J connectivity index is 2.45. The van der Waals surface area contributed by atoms with E-state index < -0.39 is 11.6 Å². The van der Waals surface area contributed by atoms with E-state index in [0.717, 1.165) is 0 Å². The van der Waals surface area contributed by atoms with Gasteiger partial charge in [-0.1, -0.05) is 11.6 Å². The van der Waals surface area contributed by atoms with Crippen molar-refractivity contribution in [2.24, 2.45) is 0 Å². The predicted octanol–water partition coefficient (Wildman–Crippen LogP) is 3.89. The number of aromatic nitrogens is 2. The molecule has 0 fully saturated rings. The van der Waals surface area contributed by atoms with Crippen molar-refractivity contribution < 1.29 is 9.53 Å². The third-order valence-corrected chi connectivity index (χ3v) is 2.71. The summed E-state index contributed by atoms with van der Waals surface area (Å²) in [7, 11) is 0. The molecule has 100 valence electrons. The molecule has 2 aromatic rings. The highest BCUT2D eigenvalue weighted by atomic mass is 35.5. The van der Waals surface area contributed by atoms with E-state index in [0.29, 0.717) is 16.5 Å². The maximum atomic E-state index is 12.0. The number of halogens is 2. The molecule has 4 nitrogen and oxygen atoms in total. The predicted molar refractivity (Wildman–Crippen MR) is 74.7 cm³/mol. The number of hydrogen-bond donors (Lipinski definition) is 0. The van der Waals surface area contributed by atoms with Crippen LogP contribution in [0.15, 0.2) is 18.2 Å². The first-order valence-electron chi connectivity index (χ1n) is 5.62. The first kappa shape index (κ1) is 14.0. The van der Waals surface area contributed by atoms with Crippen LogP contribution in [0.4, 0.5) is 0 Å². The van der Waals surface area contributed by atoms with Gasteiger partial charge in [-0.15, -0.1) is 0 Å². The smallest absolute Gasteiger partial charge is 0.338 e. The largest absolute Gasteiger partial charge is 0.456 e. The standard InChI is InChI=1S/C13H12Cl2N2O2/c1-13(2,3)19-11(18)7-4-5-9-8(6-7)10(14)17-12(15)16-9/h4-6H,1-3H3. The Labute approximate surface area is 120 Å². The summed E-state index contributed by atoms with van der Waals surface area (Å²) in [6.07, 6.45) is 0. The van der Waals surface area contributed by atoms with Gasteiger partial charge in [0.25, 0.3) is 0 Å². The van der Waals surface area contributed by atoms with Crippen LogP contribution in [0.25, 0.3) is 10.9 Å². The van der Waals surface area contributed by atoms with Gasteiger partial charge in [0, 0.05) is 5.39 Å². The molecule has 2 rings (SSSR count). The van der Waals surface area contributed by atoms with E-state index in [1.165, 1.54) is 0 Å². The molecule has 0 saturated heterocycles. The molecular weight excluding hydrogens is 287 g/mol. The number of benzene rings is 1. The van der Waals surface area contributed by atoms with Crippen molar-refractivity contribution in [3.63, 3.8) is 0 Å². The highest BCUT2D eigenvalue weighted by molar-refractivity contribution is 6.35. The fraction of sp³-hybridized carbons (Fsp3) is 0.308. The van der Waals surface area contributed by atoms with Gasteiger partial charge in [0.2, 0.25) is 5.28 Å². The first-order chi connectivity index (χ1) is 8.76. The Morgan fingerprint density at radius 3 is 2.53 bits per heavy atom. The number of carbonyl (C=O) groups is 1. The van der Waals surface area contributed by atoms with Crippen LogP contribution in [0.1, 0.15) is 31.1 Å². The van der Waals surface area contributed by atoms with E-state index in [4.69, 9.17) is 27.9 Å². The summed E-state index contributed by atoms with van der Waals surface area (Å²) in [5, 5.41) is 0.845. The number of ether oxygens (including phenoxy) is 1. The summed E-state index contributed by atoms with van der Waals surface area (Å²) in [6.45, 7) is 5.42. The van der Waals surface area contributed by atoms with E-state index in [1.807, 2.05) is 20.8 Å². The summed E-state index contributed by atoms with van der Waals surface area (Å²) in [5.41, 5.74) is 0.430. The molecule has 19 heavy (non-hydrogen) atoms. The van der Waals surface area contributed by atoms with Gasteiger partial charge in [-0.3, -0.25) is 0 Å². The lowest BCUT2D eigenvalue weighted by Crippen LogP contribution is -2.23.